The van der Waals surface area contributed by atoms with Gasteiger partial charge < -0.3 is 9.84 Å². The number of nitrogens with one attached hydrogen (secondary N) is 1. The van der Waals surface area contributed by atoms with E-state index in [1.165, 1.54) is 0 Å². The maximum absolute atomic E-state index is 10.3. The Bertz CT molecular complexity index is 84.3. The molecule has 0 saturated heterocycles. The van der Waals surface area contributed by atoms with Gasteiger partial charge in [-0.05, 0) is 6.42 Å². The second-order valence-corrected chi connectivity index (χ2v) is 1.47. The van der Waals surface area contributed by atoms with Crippen molar-refractivity contribution in [3.8, 4) is 0 Å². The average molecular weight is 133 g/mol. The highest BCUT2D eigenvalue weighted by atomic mass is 16.5. The van der Waals surface area contributed by atoms with Crippen molar-refractivity contribution in [2.45, 2.75) is 13.3 Å². The molecule has 2 N–H and O–H groups in total. The van der Waals surface area contributed by atoms with E-state index < -0.39 is 6.09 Å². The Morgan fingerprint density at radius 2 is 2.44 bits per heavy atom. The van der Waals surface area contributed by atoms with Crippen molar-refractivity contribution in [1.82, 2.24) is 5.32 Å². The second-order valence-electron chi connectivity index (χ2n) is 1.47. The third-order valence-corrected chi connectivity index (χ3v) is 0.661. The number of ether oxygens (including phenoxy) is 1. The fraction of sp³-hybridized carbons (Fsp3) is 0.800. The van der Waals surface area contributed by atoms with Gasteiger partial charge in [0.1, 0.15) is 6.73 Å². The lowest BCUT2D eigenvalue weighted by Gasteiger charge is -2.00. The molecule has 4 heteroatoms. The van der Waals surface area contributed by atoms with E-state index >= 15 is 0 Å². The first-order chi connectivity index (χ1) is 4.31. The molecular weight excluding hydrogens is 122 g/mol. The van der Waals surface area contributed by atoms with Crippen LogP contribution in [-0.4, -0.2) is 24.5 Å². The van der Waals surface area contributed by atoms with Crippen LogP contribution >= 0.6 is 0 Å². The van der Waals surface area contributed by atoms with Crippen molar-refractivity contribution in [3.63, 3.8) is 0 Å². The standard InChI is InChI=1S/C5H11NO3/c1-2-3-9-5(8)6-4-7/h7H,2-4H2,1H3,(H,6,8). The van der Waals surface area contributed by atoms with Crippen LogP contribution < -0.4 is 5.32 Å². The highest BCUT2D eigenvalue weighted by Gasteiger charge is 1.95. The Labute approximate surface area is 53.8 Å². The average Bonchev–Trinajstić information content (AvgIpc) is 1.85. The topological polar surface area (TPSA) is 58.6 Å². The van der Waals surface area contributed by atoms with E-state index in [0.29, 0.717) is 6.61 Å². The SMILES string of the molecule is CCCOC(=O)NCO. The van der Waals surface area contributed by atoms with Crippen LogP contribution in [0.3, 0.4) is 0 Å². The van der Waals surface area contributed by atoms with E-state index in [9.17, 15) is 4.79 Å². The zero-order chi connectivity index (χ0) is 7.11. The van der Waals surface area contributed by atoms with Crippen LogP contribution in [0.1, 0.15) is 13.3 Å². The van der Waals surface area contributed by atoms with Crippen molar-refractivity contribution in [1.29, 1.82) is 0 Å². The van der Waals surface area contributed by atoms with Gasteiger partial charge in [0.05, 0.1) is 6.61 Å². The van der Waals surface area contributed by atoms with Crippen LogP contribution in [-0.2, 0) is 4.74 Å². The molecule has 54 valence electrons. The third-order valence-electron chi connectivity index (χ3n) is 0.661. The molecule has 0 fully saturated rings. The van der Waals surface area contributed by atoms with Crippen LogP contribution in [0.25, 0.3) is 0 Å². The molecule has 0 aliphatic carbocycles. The van der Waals surface area contributed by atoms with Crippen molar-refractivity contribution in [2.24, 2.45) is 0 Å². The number of aliphatic hydroxyl groups is 1. The van der Waals surface area contributed by atoms with E-state index in [2.05, 4.69) is 10.1 Å². The smallest absolute Gasteiger partial charge is 0.408 e. The van der Waals surface area contributed by atoms with Gasteiger partial charge in [0.2, 0.25) is 0 Å². The van der Waals surface area contributed by atoms with Gasteiger partial charge in [-0.15, -0.1) is 0 Å². The lowest BCUT2D eigenvalue weighted by Crippen LogP contribution is -2.25. The van der Waals surface area contributed by atoms with Crippen LogP contribution in [0.15, 0.2) is 0 Å². The first-order valence-electron chi connectivity index (χ1n) is 2.82. The van der Waals surface area contributed by atoms with Gasteiger partial charge in [-0.25, -0.2) is 4.79 Å². The minimum atomic E-state index is -0.570. The summed E-state index contributed by atoms with van der Waals surface area (Å²) in [5.74, 6) is 0. The van der Waals surface area contributed by atoms with E-state index in [1.54, 1.807) is 0 Å². The maximum Gasteiger partial charge on any atom is 0.408 e. The molecular formula is C5H11NO3. The Hall–Kier alpha value is -0.770. The number of hydrogen-bond donors (Lipinski definition) is 2. The first-order valence-corrected chi connectivity index (χ1v) is 2.82. The van der Waals surface area contributed by atoms with Crippen molar-refractivity contribution in [2.75, 3.05) is 13.3 Å². The van der Waals surface area contributed by atoms with Crippen LogP contribution in [0, 0.1) is 0 Å². The third kappa shape index (κ3) is 5.10. The number of rotatable bonds is 3. The molecule has 0 bridgehead atoms. The maximum atomic E-state index is 10.3. The van der Waals surface area contributed by atoms with Gasteiger partial charge >= 0.3 is 6.09 Å². The van der Waals surface area contributed by atoms with Gasteiger partial charge in [0, 0.05) is 0 Å². The molecule has 0 unspecified atom stereocenters. The molecule has 0 radical (unpaired) electrons. The molecule has 0 aliphatic heterocycles. The summed E-state index contributed by atoms with van der Waals surface area (Å²) in [7, 11) is 0. The quantitative estimate of drug-likeness (QED) is 0.536. The molecule has 1 amide bonds. The van der Waals surface area contributed by atoms with E-state index in [-0.39, 0.29) is 6.73 Å². The monoisotopic (exact) mass is 133 g/mol. The summed E-state index contributed by atoms with van der Waals surface area (Å²) in [6.45, 7) is 1.92. The van der Waals surface area contributed by atoms with E-state index in [4.69, 9.17) is 5.11 Å². The molecule has 0 aliphatic rings. The Kier molecular flexibility index (Phi) is 4.91. The zero-order valence-corrected chi connectivity index (χ0v) is 5.39. The number of alkyl carbamates (subject to hydrolysis) is 1. The van der Waals surface area contributed by atoms with Crippen molar-refractivity contribution in [3.05, 3.63) is 0 Å². The summed E-state index contributed by atoms with van der Waals surface area (Å²) in [6, 6.07) is 0. The first kappa shape index (κ1) is 8.23. The predicted octanol–water partition coefficient (Wildman–Crippen LogP) is 0.0724. The molecule has 4 nitrogen and oxygen atoms in total. The highest BCUT2D eigenvalue weighted by molar-refractivity contribution is 5.66. The summed E-state index contributed by atoms with van der Waals surface area (Å²) < 4.78 is 4.52. The Morgan fingerprint density at radius 3 is 2.89 bits per heavy atom. The van der Waals surface area contributed by atoms with E-state index in [1.807, 2.05) is 6.92 Å². The summed E-state index contributed by atoms with van der Waals surface area (Å²) in [4.78, 5) is 10.3. The van der Waals surface area contributed by atoms with Crippen LogP contribution in [0.5, 0.6) is 0 Å². The number of carbonyl (C=O) groups is 1. The van der Waals surface area contributed by atoms with Gasteiger partial charge in [0.15, 0.2) is 0 Å². The van der Waals surface area contributed by atoms with Crippen LogP contribution in [0.2, 0.25) is 0 Å². The Morgan fingerprint density at radius 1 is 1.78 bits per heavy atom. The van der Waals surface area contributed by atoms with Gasteiger partial charge in [0.25, 0.3) is 0 Å². The lowest BCUT2D eigenvalue weighted by molar-refractivity contribution is 0.133. The number of hydrogen-bond acceptors (Lipinski definition) is 3. The lowest BCUT2D eigenvalue weighted by atomic mass is 10.5. The molecule has 0 aromatic rings. The molecule has 0 aromatic carbocycles. The predicted molar refractivity (Wildman–Crippen MR) is 31.9 cm³/mol. The molecule has 0 saturated carbocycles. The second kappa shape index (κ2) is 5.37. The summed E-state index contributed by atoms with van der Waals surface area (Å²) in [5.41, 5.74) is 0. The van der Waals surface area contributed by atoms with Gasteiger partial charge in [-0.1, -0.05) is 6.92 Å². The Balaban J connectivity index is 3.06. The minimum Gasteiger partial charge on any atom is -0.450 e. The summed E-state index contributed by atoms with van der Waals surface area (Å²) >= 11 is 0. The molecule has 0 heterocycles. The highest BCUT2D eigenvalue weighted by Crippen LogP contribution is 1.79. The summed E-state index contributed by atoms with van der Waals surface area (Å²) in [5, 5.41) is 10.2. The molecule has 0 aromatic heterocycles. The van der Waals surface area contributed by atoms with Gasteiger partial charge in [-0.2, -0.15) is 0 Å². The van der Waals surface area contributed by atoms with Crippen LogP contribution in [0.4, 0.5) is 4.79 Å². The zero-order valence-electron chi connectivity index (χ0n) is 5.39. The fourth-order valence-electron chi connectivity index (χ4n) is 0.310. The van der Waals surface area contributed by atoms with Crippen molar-refractivity contribution < 1.29 is 14.6 Å². The molecule has 0 spiro atoms. The molecule has 9 heavy (non-hydrogen) atoms. The minimum absolute atomic E-state index is 0.372. The normalized spacial score (nSPS) is 8.67. The number of aliphatic hydroxyl groups excluding tert-OH is 1. The molecule has 0 rings (SSSR count). The number of amides is 1. The molecule has 0 atom stereocenters. The summed E-state index contributed by atoms with van der Waals surface area (Å²) in [6.07, 6.45) is 0.220. The fourth-order valence-corrected chi connectivity index (χ4v) is 0.310. The number of carbonyl (C=O) groups excluding carboxylic acids is 1. The van der Waals surface area contributed by atoms with Gasteiger partial charge in [-0.3, -0.25) is 5.32 Å². The van der Waals surface area contributed by atoms with E-state index in [0.717, 1.165) is 6.42 Å². The largest absolute Gasteiger partial charge is 0.450 e. The van der Waals surface area contributed by atoms with Crippen molar-refractivity contribution >= 4 is 6.09 Å².